The van der Waals surface area contributed by atoms with Gasteiger partial charge >= 0.3 is 5.97 Å². The number of hydrogen-bond donors (Lipinski definition) is 2. The smallest absolute Gasteiger partial charge is 0.335 e. The average Bonchev–Trinajstić information content (AvgIpc) is 3.35. The van der Waals surface area contributed by atoms with Crippen LogP contribution in [0.4, 0.5) is 0 Å². The first-order chi connectivity index (χ1) is 11.0. The van der Waals surface area contributed by atoms with Gasteiger partial charge in [-0.25, -0.2) is 17.9 Å². The summed E-state index contributed by atoms with van der Waals surface area (Å²) in [4.78, 5) is 10.8. The van der Waals surface area contributed by atoms with Crippen molar-refractivity contribution in [2.45, 2.75) is 36.7 Å². The molecule has 1 heterocycles. The summed E-state index contributed by atoms with van der Waals surface area (Å²) in [6.07, 6.45) is 1.63. The van der Waals surface area contributed by atoms with E-state index in [4.69, 9.17) is 14.6 Å². The molecule has 1 saturated carbocycles. The van der Waals surface area contributed by atoms with Gasteiger partial charge in [0.2, 0.25) is 10.0 Å². The fourth-order valence-corrected chi connectivity index (χ4v) is 4.10. The highest BCUT2D eigenvalue weighted by Crippen LogP contribution is 2.28. The molecule has 2 N–H and O–H groups in total. The molecule has 0 amide bonds. The van der Waals surface area contributed by atoms with E-state index in [-0.39, 0.29) is 23.5 Å². The van der Waals surface area contributed by atoms with Crippen LogP contribution >= 0.6 is 0 Å². The topological polar surface area (TPSA) is 102 Å². The van der Waals surface area contributed by atoms with Gasteiger partial charge in [0.05, 0.1) is 30.1 Å². The van der Waals surface area contributed by atoms with Crippen molar-refractivity contribution in [3.63, 3.8) is 0 Å². The number of carboxylic acid groups (broad SMARTS) is 1. The van der Waals surface area contributed by atoms with E-state index in [1.807, 2.05) is 0 Å². The molecular formula is C15H19NO6S. The number of sulfonamides is 1. The predicted molar refractivity (Wildman–Crippen MR) is 82.1 cm³/mol. The summed E-state index contributed by atoms with van der Waals surface area (Å²) in [6, 6.07) is 5.63. The van der Waals surface area contributed by atoms with E-state index in [1.165, 1.54) is 12.1 Å². The van der Waals surface area contributed by atoms with Crippen LogP contribution in [0.2, 0.25) is 0 Å². The van der Waals surface area contributed by atoms with Crippen molar-refractivity contribution in [2.75, 3.05) is 13.2 Å². The van der Waals surface area contributed by atoms with Gasteiger partial charge in [-0.2, -0.15) is 0 Å². The van der Waals surface area contributed by atoms with Crippen LogP contribution in [0.15, 0.2) is 24.3 Å². The number of carboxylic acids is 1. The summed E-state index contributed by atoms with van der Waals surface area (Å²) in [5, 5.41) is 8.60. The lowest BCUT2D eigenvalue weighted by Gasteiger charge is -2.32. The molecule has 23 heavy (non-hydrogen) atoms. The first-order valence-electron chi connectivity index (χ1n) is 7.54. The molecule has 0 spiro atoms. The maximum atomic E-state index is 12.1. The van der Waals surface area contributed by atoms with Crippen molar-refractivity contribution in [1.29, 1.82) is 0 Å². The molecule has 0 unspecified atom stereocenters. The lowest BCUT2D eigenvalue weighted by atomic mass is 10.1. The first-order valence-corrected chi connectivity index (χ1v) is 9.09. The molecule has 3 rings (SSSR count). The van der Waals surface area contributed by atoms with E-state index >= 15 is 0 Å². The quantitative estimate of drug-likeness (QED) is 0.800. The molecule has 0 bridgehead atoms. The zero-order valence-corrected chi connectivity index (χ0v) is 13.3. The van der Waals surface area contributed by atoms with Gasteiger partial charge in [0.25, 0.3) is 0 Å². The largest absolute Gasteiger partial charge is 0.489 e. The fraction of sp³-hybridized carbons (Fsp3) is 0.533. The highest BCUT2D eigenvalue weighted by molar-refractivity contribution is 7.90. The Morgan fingerprint density at radius 3 is 2.52 bits per heavy atom. The van der Waals surface area contributed by atoms with Gasteiger partial charge in [-0.3, -0.25) is 0 Å². The minimum atomic E-state index is -3.32. The molecular weight excluding hydrogens is 322 g/mol. The summed E-state index contributed by atoms with van der Waals surface area (Å²) in [5.74, 6) is -0.491. The van der Waals surface area contributed by atoms with Crippen molar-refractivity contribution in [2.24, 2.45) is 0 Å². The Morgan fingerprint density at radius 2 is 1.91 bits per heavy atom. The lowest BCUT2D eigenvalue weighted by molar-refractivity contribution is 0.00320. The van der Waals surface area contributed by atoms with E-state index in [1.54, 1.807) is 12.1 Å². The van der Waals surface area contributed by atoms with Gasteiger partial charge < -0.3 is 14.6 Å². The van der Waals surface area contributed by atoms with Crippen LogP contribution in [-0.2, 0) is 14.8 Å². The number of hydrogen-bond acceptors (Lipinski definition) is 5. The second-order valence-corrected chi connectivity index (χ2v) is 7.81. The summed E-state index contributed by atoms with van der Waals surface area (Å²) >= 11 is 0. The molecule has 7 nitrogen and oxygen atoms in total. The van der Waals surface area contributed by atoms with Crippen molar-refractivity contribution in [3.8, 4) is 5.75 Å². The van der Waals surface area contributed by atoms with E-state index in [0.717, 1.165) is 0 Å². The monoisotopic (exact) mass is 341 g/mol. The van der Waals surface area contributed by atoms with E-state index < -0.39 is 22.0 Å². The molecule has 8 heteroatoms. The molecule has 2 fully saturated rings. The van der Waals surface area contributed by atoms with Crippen LogP contribution in [0.25, 0.3) is 0 Å². The van der Waals surface area contributed by atoms with Crippen LogP contribution in [0.3, 0.4) is 0 Å². The molecule has 1 aromatic rings. The maximum absolute atomic E-state index is 12.1. The second kappa shape index (κ2) is 6.46. The van der Waals surface area contributed by atoms with Crippen molar-refractivity contribution in [3.05, 3.63) is 29.8 Å². The third kappa shape index (κ3) is 4.01. The van der Waals surface area contributed by atoms with Crippen molar-refractivity contribution in [1.82, 2.24) is 4.72 Å². The zero-order chi connectivity index (χ0) is 16.4. The van der Waals surface area contributed by atoms with Crippen LogP contribution in [0.1, 0.15) is 29.6 Å². The second-order valence-electron chi connectivity index (χ2n) is 5.82. The van der Waals surface area contributed by atoms with Gasteiger partial charge in [-0.1, -0.05) is 0 Å². The number of ether oxygens (including phenoxy) is 2. The molecule has 1 aliphatic heterocycles. The summed E-state index contributed by atoms with van der Waals surface area (Å²) in [7, 11) is -3.32. The number of rotatable bonds is 6. The van der Waals surface area contributed by atoms with E-state index in [2.05, 4.69) is 4.72 Å². The van der Waals surface area contributed by atoms with Crippen LogP contribution in [0, 0.1) is 0 Å². The third-order valence-corrected chi connectivity index (χ3v) is 5.94. The number of nitrogens with one attached hydrogen (secondary N) is 1. The zero-order valence-electron chi connectivity index (χ0n) is 12.5. The third-order valence-electron chi connectivity index (χ3n) is 3.96. The maximum Gasteiger partial charge on any atom is 0.335 e. The van der Waals surface area contributed by atoms with Gasteiger partial charge in [0.15, 0.2) is 0 Å². The van der Waals surface area contributed by atoms with E-state index in [0.29, 0.717) is 31.6 Å². The Balaban J connectivity index is 1.67. The first kappa shape index (κ1) is 16.2. The Labute approximate surface area is 134 Å². The van der Waals surface area contributed by atoms with Gasteiger partial charge in [-0.15, -0.1) is 0 Å². The number of benzene rings is 1. The number of aromatic carboxylic acids is 1. The normalized spacial score (nSPS) is 25.0. The number of carbonyl (C=O) groups is 1. The molecule has 1 aromatic carbocycles. The Kier molecular flexibility index (Phi) is 4.56. The van der Waals surface area contributed by atoms with Crippen LogP contribution < -0.4 is 9.46 Å². The molecule has 1 saturated heterocycles. The van der Waals surface area contributed by atoms with Gasteiger partial charge in [0.1, 0.15) is 11.9 Å². The highest BCUT2D eigenvalue weighted by atomic mass is 32.2. The molecule has 1 aliphatic carbocycles. The standard InChI is InChI=1S/C15H19NO6S/c17-15(18)10-1-3-11(4-2-10)22-14-7-8-21-9-13(14)16-23(19,20)12-5-6-12/h1-4,12-14,16H,5-9H2,(H,17,18)/t13-,14-/m1/s1. The molecule has 2 atom stereocenters. The van der Waals surface area contributed by atoms with E-state index in [9.17, 15) is 13.2 Å². The van der Waals surface area contributed by atoms with Crippen molar-refractivity contribution >= 4 is 16.0 Å². The summed E-state index contributed by atoms with van der Waals surface area (Å²) in [6.45, 7) is 0.767. The molecule has 2 aliphatic rings. The Bertz CT molecular complexity index is 668. The summed E-state index contributed by atoms with van der Waals surface area (Å²) in [5.41, 5.74) is 0.176. The van der Waals surface area contributed by atoms with Crippen molar-refractivity contribution < 1.29 is 27.8 Å². The lowest BCUT2D eigenvalue weighted by Crippen LogP contribution is -2.52. The Hall–Kier alpha value is -1.64. The van der Waals surface area contributed by atoms with Crippen LogP contribution in [0.5, 0.6) is 5.75 Å². The van der Waals surface area contributed by atoms with Gasteiger partial charge in [-0.05, 0) is 37.1 Å². The highest BCUT2D eigenvalue weighted by Gasteiger charge is 2.39. The molecule has 126 valence electrons. The predicted octanol–water partition coefficient (Wildman–Crippen LogP) is 1.00. The fourth-order valence-electron chi connectivity index (χ4n) is 2.51. The van der Waals surface area contributed by atoms with Crippen LogP contribution in [-0.4, -0.2) is 50.1 Å². The average molecular weight is 341 g/mol. The SMILES string of the molecule is O=C(O)c1ccc(O[C@@H]2CCOC[C@H]2NS(=O)(=O)C2CC2)cc1. The minimum absolute atomic E-state index is 0.176. The van der Waals surface area contributed by atoms with Gasteiger partial charge in [0, 0.05) is 6.42 Å². The molecule has 0 radical (unpaired) electrons. The Morgan fingerprint density at radius 1 is 1.22 bits per heavy atom. The molecule has 0 aromatic heterocycles. The minimum Gasteiger partial charge on any atom is -0.489 e. The summed E-state index contributed by atoms with van der Waals surface area (Å²) < 4.78 is 38.1.